The minimum Gasteiger partial charge on any atom is -0.309 e. The summed E-state index contributed by atoms with van der Waals surface area (Å²) in [5, 5.41) is 10.2. The van der Waals surface area contributed by atoms with Crippen molar-refractivity contribution in [3.63, 3.8) is 0 Å². The fourth-order valence-electron chi connectivity index (χ4n) is 10.1. The SMILES string of the molecule is c1ccc(-n2c3ccc(-c4ccc5c(c4)c4ccccc4n5-c4ccc(-c5ccc6c7c(cccc57)-c5ccccc5-6)cc4)cc3c3ccc4ccccc4c32)cc1. The van der Waals surface area contributed by atoms with E-state index in [9.17, 15) is 0 Å². The van der Waals surface area contributed by atoms with Gasteiger partial charge in [0.25, 0.3) is 0 Å². The number of benzene rings is 10. The lowest BCUT2D eigenvalue weighted by Crippen LogP contribution is -1.94. The first-order valence-electron chi connectivity index (χ1n) is 20.1. The molecule has 2 heteroatoms. The lowest BCUT2D eigenvalue weighted by Gasteiger charge is -2.12. The molecule has 0 N–H and O–H groups in total. The quantitative estimate of drug-likeness (QED) is 0.170. The molecule has 12 aromatic rings. The Bertz CT molecular complexity index is 3630. The molecule has 1 aliphatic carbocycles. The standard InChI is InChI=1S/C56H34N2/c1-2-12-39(13-3-1)58-54-32-25-38(34-51(54)49-28-23-35-11-4-5-14-42(35)56(49)58)37-24-31-53-50(33-37)45-17-8-9-20-52(45)57(53)40-26-21-36(22-27-40)41-29-30-48-44-16-7-6-15-43(44)47-19-10-18-46(41)55(47)48/h1-34H. The molecule has 0 spiro atoms. The highest BCUT2D eigenvalue weighted by Crippen LogP contribution is 2.49. The van der Waals surface area contributed by atoms with E-state index in [4.69, 9.17) is 0 Å². The molecule has 0 amide bonds. The maximum Gasteiger partial charge on any atom is 0.0619 e. The predicted octanol–water partition coefficient (Wildman–Crippen LogP) is 15.2. The smallest absolute Gasteiger partial charge is 0.0619 e. The molecule has 268 valence electrons. The number of rotatable bonds is 4. The second kappa shape index (κ2) is 11.9. The molecule has 0 saturated heterocycles. The van der Waals surface area contributed by atoms with E-state index in [1.165, 1.54) is 115 Å². The van der Waals surface area contributed by atoms with Crippen molar-refractivity contribution >= 4 is 65.2 Å². The fourth-order valence-corrected chi connectivity index (χ4v) is 10.1. The van der Waals surface area contributed by atoms with Crippen LogP contribution in [0.1, 0.15) is 0 Å². The molecule has 2 nitrogen and oxygen atoms in total. The monoisotopic (exact) mass is 734 g/mol. The minimum absolute atomic E-state index is 1.16. The number of aromatic nitrogens is 2. The Balaban J connectivity index is 0.938. The van der Waals surface area contributed by atoms with Gasteiger partial charge >= 0.3 is 0 Å². The van der Waals surface area contributed by atoms with Gasteiger partial charge in [-0.2, -0.15) is 0 Å². The van der Waals surface area contributed by atoms with Gasteiger partial charge in [-0.05, 0) is 115 Å². The van der Waals surface area contributed by atoms with Crippen LogP contribution in [0.4, 0.5) is 0 Å². The van der Waals surface area contributed by atoms with Crippen molar-refractivity contribution in [3.8, 4) is 55.9 Å². The van der Waals surface area contributed by atoms with Gasteiger partial charge < -0.3 is 9.13 Å². The van der Waals surface area contributed by atoms with Gasteiger partial charge in [-0.1, -0.05) is 152 Å². The first-order valence-corrected chi connectivity index (χ1v) is 20.1. The van der Waals surface area contributed by atoms with E-state index in [2.05, 4.69) is 215 Å². The molecule has 2 aromatic heterocycles. The van der Waals surface area contributed by atoms with Crippen LogP contribution in [-0.2, 0) is 0 Å². The second-order valence-corrected chi connectivity index (χ2v) is 15.7. The van der Waals surface area contributed by atoms with Crippen molar-refractivity contribution in [2.75, 3.05) is 0 Å². The van der Waals surface area contributed by atoms with Crippen molar-refractivity contribution < 1.29 is 0 Å². The van der Waals surface area contributed by atoms with Crippen LogP contribution in [0.25, 0.3) is 121 Å². The van der Waals surface area contributed by atoms with Crippen LogP contribution in [0.3, 0.4) is 0 Å². The van der Waals surface area contributed by atoms with Crippen LogP contribution < -0.4 is 0 Å². The van der Waals surface area contributed by atoms with E-state index in [1.807, 2.05) is 0 Å². The van der Waals surface area contributed by atoms with Crippen molar-refractivity contribution in [2.45, 2.75) is 0 Å². The Hall–Kier alpha value is -7.68. The number of hydrogen-bond donors (Lipinski definition) is 0. The molecule has 0 radical (unpaired) electrons. The summed E-state index contributed by atoms with van der Waals surface area (Å²) < 4.78 is 4.85. The molecule has 0 unspecified atom stereocenters. The van der Waals surface area contributed by atoms with Gasteiger partial charge in [-0.25, -0.2) is 0 Å². The Morgan fingerprint density at radius 2 is 0.810 bits per heavy atom. The second-order valence-electron chi connectivity index (χ2n) is 15.7. The van der Waals surface area contributed by atoms with E-state index in [0.717, 1.165) is 5.69 Å². The molecule has 0 saturated carbocycles. The van der Waals surface area contributed by atoms with Gasteiger partial charge in [0.2, 0.25) is 0 Å². The zero-order chi connectivity index (χ0) is 37.9. The lowest BCUT2D eigenvalue weighted by atomic mass is 9.94. The molecule has 58 heavy (non-hydrogen) atoms. The Kier molecular flexibility index (Phi) is 6.47. The van der Waals surface area contributed by atoms with Crippen LogP contribution in [0.2, 0.25) is 0 Å². The highest BCUT2D eigenvalue weighted by molar-refractivity contribution is 6.20. The fraction of sp³-hybridized carbons (Fsp3) is 0. The van der Waals surface area contributed by atoms with Crippen LogP contribution in [-0.4, -0.2) is 9.13 Å². The molecule has 0 fully saturated rings. The van der Waals surface area contributed by atoms with Gasteiger partial charge in [0.1, 0.15) is 0 Å². The van der Waals surface area contributed by atoms with Crippen molar-refractivity contribution in [3.05, 3.63) is 206 Å². The lowest BCUT2D eigenvalue weighted by molar-refractivity contribution is 1.18. The Morgan fingerprint density at radius 3 is 1.60 bits per heavy atom. The summed E-state index contributed by atoms with van der Waals surface area (Å²) in [7, 11) is 0. The van der Waals surface area contributed by atoms with Crippen molar-refractivity contribution in [1.29, 1.82) is 0 Å². The molecular formula is C56H34N2. The summed E-state index contributed by atoms with van der Waals surface area (Å²) in [5.41, 5.74) is 17.4. The van der Waals surface area contributed by atoms with Gasteiger partial charge in [-0.3, -0.25) is 0 Å². The molecule has 0 atom stereocenters. The average Bonchev–Trinajstić information content (AvgIpc) is 3.93. The summed E-state index contributed by atoms with van der Waals surface area (Å²) >= 11 is 0. The van der Waals surface area contributed by atoms with E-state index >= 15 is 0 Å². The normalized spacial score (nSPS) is 12.1. The molecule has 10 aromatic carbocycles. The molecule has 0 aliphatic heterocycles. The number of hydrogen-bond acceptors (Lipinski definition) is 0. The van der Waals surface area contributed by atoms with Gasteiger partial charge in [0.05, 0.1) is 22.1 Å². The maximum absolute atomic E-state index is 2.43. The van der Waals surface area contributed by atoms with E-state index in [0.29, 0.717) is 0 Å². The predicted molar refractivity (Wildman–Crippen MR) is 245 cm³/mol. The largest absolute Gasteiger partial charge is 0.309 e. The minimum atomic E-state index is 1.16. The van der Waals surface area contributed by atoms with Gasteiger partial charge in [0.15, 0.2) is 0 Å². The zero-order valence-electron chi connectivity index (χ0n) is 31.5. The first-order chi connectivity index (χ1) is 28.8. The maximum atomic E-state index is 2.43. The topological polar surface area (TPSA) is 9.86 Å². The zero-order valence-corrected chi connectivity index (χ0v) is 31.5. The molecule has 0 bridgehead atoms. The molecular weight excluding hydrogens is 701 g/mol. The first kappa shape index (κ1) is 31.5. The van der Waals surface area contributed by atoms with Gasteiger partial charge in [-0.15, -0.1) is 0 Å². The summed E-state index contributed by atoms with van der Waals surface area (Å²) in [5.74, 6) is 0. The Morgan fingerprint density at radius 1 is 0.259 bits per heavy atom. The van der Waals surface area contributed by atoms with E-state index < -0.39 is 0 Å². The summed E-state index contributed by atoms with van der Waals surface area (Å²) in [4.78, 5) is 0. The van der Waals surface area contributed by atoms with Crippen LogP contribution in [0.15, 0.2) is 206 Å². The number of nitrogens with zero attached hydrogens (tertiary/aromatic N) is 2. The van der Waals surface area contributed by atoms with Crippen LogP contribution >= 0.6 is 0 Å². The van der Waals surface area contributed by atoms with Crippen molar-refractivity contribution in [1.82, 2.24) is 9.13 Å². The highest BCUT2D eigenvalue weighted by atomic mass is 15.0. The van der Waals surface area contributed by atoms with E-state index in [1.54, 1.807) is 0 Å². The summed E-state index contributed by atoms with van der Waals surface area (Å²) in [6.07, 6.45) is 0. The van der Waals surface area contributed by atoms with Gasteiger partial charge in [0, 0.05) is 38.3 Å². The van der Waals surface area contributed by atoms with Crippen LogP contribution in [0, 0.1) is 0 Å². The molecule has 1 aliphatic rings. The number of para-hydroxylation sites is 2. The molecule has 13 rings (SSSR count). The Labute approximate surface area is 335 Å². The third-order valence-electron chi connectivity index (χ3n) is 12.7. The summed E-state index contributed by atoms with van der Waals surface area (Å²) in [6.45, 7) is 0. The summed E-state index contributed by atoms with van der Waals surface area (Å²) in [6, 6.07) is 76.2. The highest BCUT2D eigenvalue weighted by Gasteiger charge is 2.23. The third-order valence-corrected chi connectivity index (χ3v) is 12.7. The van der Waals surface area contributed by atoms with Crippen molar-refractivity contribution in [2.24, 2.45) is 0 Å². The number of fused-ring (bicyclic) bond motifs is 11. The molecule has 2 heterocycles. The van der Waals surface area contributed by atoms with Crippen LogP contribution in [0.5, 0.6) is 0 Å². The third kappa shape index (κ3) is 4.37. The average molecular weight is 735 g/mol. The van der Waals surface area contributed by atoms with E-state index in [-0.39, 0.29) is 0 Å².